The van der Waals surface area contributed by atoms with E-state index in [0.29, 0.717) is 24.1 Å². The second-order valence-corrected chi connectivity index (χ2v) is 9.62. The zero-order chi connectivity index (χ0) is 23.4. The lowest BCUT2D eigenvalue weighted by atomic mass is 9.99. The van der Waals surface area contributed by atoms with Gasteiger partial charge in [-0.2, -0.15) is 4.31 Å². The number of hydrogen-bond donors (Lipinski definition) is 1. The summed E-state index contributed by atoms with van der Waals surface area (Å²) >= 11 is 0. The third kappa shape index (κ3) is 5.01. The normalized spacial score (nSPS) is 17.3. The lowest BCUT2D eigenvalue weighted by Gasteiger charge is -2.31. The average Bonchev–Trinajstić information content (AvgIpc) is 3.20. The highest BCUT2D eigenvalue weighted by atomic mass is 32.2. The molecule has 2 aromatic heterocycles. The highest BCUT2D eigenvalue weighted by Crippen LogP contribution is 2.29. The van der Waals surface area contributed by atoms with Crippen LogP contribution in [0.2, 0.25) is 0 Å². The number of hydrogen-bond acceptors (Lipinski definition) is 6. The smallest absolute Gasteiger partial charge is 0.248 e. The zero-order valence-electron chi connectivity index (χ0n) is 17.9. The predicted molar refractivity (Wildman–Crippen MR) is 121 cm³/mol. The summed E-state index contributed by atoms with van der Waals surface area (Å²) in [4.78, 5) is 16.6. The molecule has 33 heavy (non-hydrogen) atoms. The minimum Gasteiger partial charge on any atom is -0.355 e. The maximum Gasteiger partial charge on any atom is 0.248 e. The molecule has 0 unspecified atom stereocenters. The quantitative estimate of drug-likeness (QED) is 0.589. The van der Waals surface area contributed by atoms with E-state index in [9.17, 15) is 17.6 Å². The summed E-state index contributed by atoms with van der Waals surface area (Å²) in [5, 5.41) is 6.59. The van der Waals surface area contributed by atoms with E-state index in [4.69, 9.17) is 4.52 Å². The van der Waals surface area contributed by atoms with Gasteiger partial charge in [0.25, 0.3) is 0 Å². The summed E-state index contributed by atoms with van der Waals surface area (Å²) in [6.07, 6.45) is 7.07. The van der Waals surface area contributed by atoms with Gasteiger partial charge in [-0.3, -0.25) is 9.78 Å². The fourth-order valence-electron chi connectivity index (χ4n) is 3.76. The van der Waals surface area contributed by atoms with E-state index in [-0.39, 0.29) is 35.3 Å². The first-order valence-corrected chi connectivity index (χ1v) is 11.9. The maximum atomic E-state index is 13.9. The zero-order valence-corrected chi connectivity index (χ0v) is 18.8. The van der Waals surface area contributed by atoms with E-state index >= 15 is 0 Å². The first-order chi connectivity index (χ1) is 15.9. The number of carbonyl (C=O) groups is 1. The number of rotatable bonds is 6. The van der Waals surface area contributed by atoms with Crippen LogP contribution in [0.15, 0.2) is 58.2 Å². The maximum absolute atomic E-state index is 13.9. The average molecular weight is 471 g/mol. The Morgan fingerprint density at radius 1 is 1.24 bits per heavy atom. The number of nitrogens with one attached hydrogen (secondary N) is 1. The van der Waals surface area contributed by atoms with Crippen molar-refractivity contribution < 1.29 is 22.1 Å². The van der Waals surface area contributed by atoms with Crippen LogP contribution in [0.1, 0.15) is 29.9 Å². The Kier molecular flexibility index (Phi) is 6.66. The Bertz CT molecular complexity index is 1270. The number of anilines is 1. The molecular weight excluding hydrogens is 447 g/mol. The number of aryl methyl sites for hydroxylation is 1. The third-order valence-electron chi connectivity index (χ3n) is 5.43. The van der Waals surface area contributed by atoms with Gasteiger partial charge in [0.1, 0.15) is 11.5 Å². The van der Waals surface area contributed by atoms with Crippen molar-refractivity contribution in [2.24, 2.45) is 5.92 Å². The Hall–Kier alpha value is -3.37. The van der Waals surface area contributed by atoms with Gasteiger partial charge < -0.3 is 9.84 Å². The number of amides is 1. The summed E-state index contributed by atoms with van der Waals surface area (Å²) in [6.45, 7) is 1.85. The molecule has 0 radical (unpaired) electrons. The molecule has 0 spiro atoms. The summed E-state index contributed by atoms with van der Waals surface area (Å²) in [7, 11) is -3.99. The number of halogens is 1. The number of piperidine rings is 1. The fourth-order valence-corrected chi connectivity index (χ4v) is 5.53. The van der Waals surface area contributed by atoms with E-state index in [1.807, 2.05) is 0 Å². The SMILES string of the molecule is Cc1noc(/C=C/c2ccccc2F)c1S(=O)(=O)N1CCC[C@H](C(=O)Nc2cccnc2)C1. The second-order valence-electron chi connectivity index (χ2n) is 7.75. The van der Waals surface area contributed by atoms with Gasteiger partial charge in [0, 0.05) is 24.8 Å². The first-order valence-electron chi connectivity index (χ1n) is 10.5. The van der Waals surface area contributed by atoms with E-state index in [2.05, 4.69) is 15.5 Å². The van der Waals surface area contributed by atoms with Crippen LogP contribution in [0.5, 0.6) is 0 Å². The number of aromatic nitrogens is 2. The minimum atomic E-state index is -3.99. The molecule has 172 valence electrons. The molecule has 1 amide bonds. The molecule has 0 aliphatic carbocycles. The van der Waals surface area contributed by atoms with Crippen LogP contribution in [0.4, 0.5) is 10.1 Å². The van der Waals surface area contributed by atoms with Crippen LogP contribution >= 0.6 is 0 Å². The van der Waals surface area contributed by atoms with Crippen LogP contribution in [-0.4, -0.2) is 41.9 Å². The van der Waals surface area contributed by atoms with Gasteiger partial charge in [0.2, 0.25) is 15.9 Å². The molecule has 1 fully saturated rings. The topological polar surface area (TPSA) is 105 Å². The van der Waals surface area contributed by atoms with Crippen molar-refractivity contribution in [3.8, 4) is 0 Å². The largest absolute Gasteiger partial charge is 0.355 e. The second kappa shape index (κ2) is 9.63. The van der Waals surface area contributed by atoms with Crippen LogP contribution in [-0.2, 0) is 14.8 Å². The van der Waals surface area contributed by atoms with E-state index < -0.39 is 21.8 Å². The van der Waals surface area contributed by atoms with Crippen molar-refractivity contribution in [2.75, 3.05) is 18.4 Å². The molecule has 8 nitrogen and oxygen atoms in total. The molecule has 1 N–H and O–H groups in total. The molecule has 10 heteroatoms. The molecular formula is C23H23FN4O4S. The number of pyridine rings is 1. The van der Waals surface area contributed by atoms with Crippen molar-refractivity contribution in [1.82, 2.24) is 14.4 Å². The first kappa shape index (κ1) is 22.8. The van der Waals surface area contributed by atoms with Gasteiger partial charge in [-0.1, -0.05) is 23.4 Å². The van der Waals surface area contributed by atoms with Gasteiger partial charge >= 0.3 is 0 Å². The molecule has 4 rings (SSSR count). The van der Waals surface area contributed by atoms with E-state index in [1.54, 1.807) is 36.5 Å². The van der Waals surface area contributed by atoms with Crippen molar-refractivity contribution in [3.63, 3.8) is 0 Å². The van der Waals surface area contributed by atoms with Crippen LogP contribution in [0.3, 0.4) is 0 Å². The van der Waals surface area contributed by atoms with Gasteiger partial charge in [0.15, 0.2) is 10.7 Å². The lowest BCUT2D eigenvalue weighted by molar-refractivity contribution is -0.120. The van der Waals surface area contributed by atoms with Crippen molar-refractivity contribution >= 4 is 33.8 Å². The monoisotopic (exact) mass is 470 g/mol. The number of sulfonamides is 1. The highest BCUT2D eigenvalue weighted by Gasteiger charge is 2.37. The number of carbonyl (C=O) groups excluding carboxylic acids is 1. The van der Waals surface area contributed by atoms with Gasteiger partial charge in [-0.15, -0.1) is 0 Å². The molecule has 0 saturated carbocycles. The van der Waals surface area contributed by atoms with Gasteiger partial charge in [-0.25, -0.2) is 12.8 Å². The van der Waals surface area contributed by atoms with Crippen molar-refractivity contribution in [2.45, 2.75) is 24.7 Å². The van der Waals surface area contributed by atoms with Gasteiger partial charge in [-0.05, 0) is 50.1 Å². The minimum absolute atomic E-state index is 0.0117. The summed E-state index contributed by atoms with van der Waals surface area (Å²) in [6, 6.07) is 9.55. The van der Waals surface area contributed by atoms with E-state index in [1.165, 1.54) is 35.6 Å². The molecule has 1 aromatic carbocycles. The Morgan fingerprint density at radius 3 is 2.82 bits per heavy atom. The summed E-state index contributed by atoms with van der Waals surface area (Å²) in [5.74, 6) is -1.19. The lowest BCUT2D eigenvalue weighted by Crippen LogP contribution is -2.43. The molecule has 1 atom stereocenters. The molecule has 3 heterocycles. The van der Waals surface area contributed by atoms with Gasteiger partial charge in [0.05, 0.1) is 17.8 Å². The standard InChI is InChI=1S/C23H23FN4O4S/c1-16-22(21(32-27-16)11-10-17-6-2-3-9-20(17)24)33(30,31)28-13-5-7-18(15-28)23(29)26-19-8-4-12-25-14-19/h2-4,6,8-12,14,18H,5,7,13,15H2,1H3,(H,26,29)/b11-10+/t18-/m0/s1. The van der Waals surface area contributed by atoms with Crippen LogP contribution in [0.25, 0.3) is 12.2 Å². The van der Waals surface area contributed by atoms with Crippen LogP contribution < -0.4 is 5.32 Å². The Balaban J connectivity index is 1.55. The summed E-state index contributed by atoms with van der Waals surface area (Å²) in [5.41, 5.74) is 1.04. The van der Waals surface area contributed by atoms with Crippen molar-refractivity contribution in [1.29, 1.82) is 0 Å². The molecule has 1 aliphatic rings. The molecule has 0 bridgehead atoms. The molecule has 3 aromatic rings. The third-order valence-corrected chi connectivity index (χ3v) is 7.46. The highest BCUT2D eigenvalue weighted by molar-refractivity contribution is 7.89. The molecule has 1 aliphatic heterocycles. The summed E-state index contributed by atoms with van der Waals surface area (Å²) < 4.78 is 47.4. The molecule has 1 saturated heterocycles. The van der Waals surface area contributed by atoms with Crippen LogP contribution in [0, 0.1) is 18.7 Å². The Labute approximate surface area is 191 Å². The number of benzene rings is 1. The number of nitrogens with zero attached hydrogens (tertiary/aromatic N) is 3. The predicted octanol–water partition coefficient (Wildman–Crippen LogP) is 3.73. The Morgan fingerprint density at radius 2 is 2.06 bits per heavy atom. The van der Waals surface area contributed by atoms with Crippen molar-refractivity contribution in [3.05, 3.63) is 71.6 Å². The fraction of sp³-hybridized carbons (Fsp3) is 0.261. The van der Waals surface area contributed by atoms with E-state index in [0.717, 1.165) is 0 Å².